The summed E-state index contributed by atoms with van der Waals surface area (Å²) in [7, 11) is 1.76. The van der Waals surface area contributed by atoms with Gasteiger partial charge in [0.25, 0.3) is 5.91 Å². The molecule has 0 bridgehead atoms. The molecule has 2 fully saturated rings. The quantitative estimate of drug-likeness (QED) is 0.533. The number of carboxylic acid groups (broad SMARTS) is 1. The number of carbonyl (C=O) groups excluding carboxylic acids is 2. The minimum atomic E-state index is -1.07. The van der Waals surface area contributed by atoms with E-state index in [2.05, 4.69) is 0 Å². The number of halogens is 3. The molecule has 7 nitrogen and oxygen atoms in total. The van der Waals surface area contributed by atoms with E-state index in [-0.39, 0.29) is 23.8 Å². The minimum Gasteiger partial charge on any atom is -0.465 e. The largest absolute Gasteiger partial charge is 0.465 e. The Kier molecular flexibility index (Phi) is 8.33. The van der Waals surface area contributed by atoms with Gasteiger partial charge in [-0.3, -0.25) is 14.5 Å². The maximum Gasteiger partial charge on any atom is 0.407 e. The molecule has 192 valence electrons. The highest BCUT2D eigenvalue weighted by Crippen LogP contribution is 2.35. The van der Waals surface area contributed by atoms with Crippen LogP contribution < -0.4 is 0 Å². The summed E-state index contributed by atoms with van der Waals surface area (Å²) in [6, 6.07) is 11.2. The average Bonchev–Trinajstić information content (AvgIpc) is 2.89. The SMILES string of the molecule is CN(C(=O)c1ccc(Cl)cc1)[C@@H]1CCN(C(=O)[C@@H]2CCCCN2C(=O)O)C[C@H]1c1ccc(Cl)c(Cl)c1. The molecule has 0 spiro atoms. The third-order valence-electron chi connectivity index (χ3n) is 7.20. The Bertz CT molecular complexity index is 1140. The first-order valence-corrected chi connectivity index (χ1v) is 13.1. The van der Waals surface area contributed by atoms with Crippen LogP contribution in [0.15, 0.2) is 42.5 Å². The van der Waals surface area contributed by atoms with Gasteiger partial charge in [0.15, 0.2) is 0 Å². The van der Waals surface area contributed by atoms with Crippen LogP contribution in [0, 0.1) is 0 Å². The molecule has 36 heavy (non-hydrogen) atoms. The third-order valence-corrected chi connectivity index (χ3v) is 8.19. The summed E-state index contributed by atoms with van der Waals surface area (Å²) in [5.41, 5.74) is 1.38. The summed E-state index contributed by atoms with van der Waals surface area (Å²) in [5, 5.41) is 11.0. The van der Waals surface area contributed by atoms with E-state index >= 15 is 0 Å². The summed E-state index contributed by atoms with van der Waals surface area (Å²) < 4.78 is 0. The van der Waals surface area contributed by atoms with Gasteiger partial charge in [0, 0.05) is 49.2 Å². The summed E-state index contributed by atoms with van der Waals surface area (Å²) >= 11 is 18.5. The van der Waals surface area contributed by atoms with E-state index in [4.69, 9.17) is 34.8 Å². The smallest absolute Gasteiger partial charge is 0.407 e. The number of hydrogen-bond acceptors (Lipinski definition) is 3. The number of likely N-dealkylation sites (tertiary alicyclic amines) is 2. The maximum atomic E-state index is 13.5. The Morgan fingerprint density at radius 1 is 0.944 bits per heavy atom. The van der Waals surface area contributed by atoms with Crippen LogP contribution in [0.25, 0.3) is 0 Å². The van der Waals surface area contributed by atoms with Crippen molar-refractivity contribution in [3.8, 4) is 0 Å². The fourth-order valence-corrected chi connectivity index (χ4v) is 5.68. The molecule has 3 atom stereocenters. The van der Waals surface area contributed by atoms with Gasteiger partial charge in [-0.05, 0) is 67.6 Å². The molecule has 2 aromatic rings. The Morgan fingerprint density at radius 3 is 2.33 bits per heavy atom. The van der Waals surface area contributed by atoms with Crippen molar-refractivity contribution in [1.82, 2.24) is 14.7 Å². The van der Waals surface area contributed by atoms with Crippen LogP contribution in [-0.4, -0.2) is 76.5 Å². The maximum absolute atomic E-state index is 13.5. The zero-order valence-corrected chi connectivity index (χ0v) is 22.1. The lowest BCUT2D eigenvalue weighted by atomic mass is 9.84. The summed E-state index contributed by atoms with van der Waals surface area (Å²) in [6.45, 7) is 1.12. The second-order valence-electron chi connectivity index (χ2n) is 9.33. The van der Waals surface area contributed by atoms with Gasteiger partial charge < -0.3 is 14.9 Å². The number of nitrogens with zero attached hydrogens (tertiary/aromatic N) is 3. The minimum absolute atomic E-state index is 0.147. The van der Waals surface area contributed by atoms with Crippen molar-refractivity contribution in [2.24, 2.45) is 0 Å². The zero-order chi connectivity index (χ0) is 26.0. The van der Waals surface area contributed by atoms with Crippen molar-refractivity contribution < 1.29 is 19.5 Å². The number of rotatable bonds is 4. The first kappa shape index (κ1) is 26.6. The van der Waals surface area contributed by atoms with E-state index in [0.717, 1.165) is 18.4 Å². The first-order chi connectivity index (χ1) is 17.2. The number of piperidine rings is 2. The highest BCUT2D eigenvalue weighted by molar-refractivity contribution is 6.42. The van der Waals surface area contributed by atoms with Crippen molar-refractivity contribution in [2.75, 3.05) is 26.7 Å². The van der Waals surface area contributed by atoms with Crippen molar-refractivity contribution in [3.63, 3.8) is 0 Å². The van der Waals surface area contributed by atoms with Crippen molar-refractivity contribution in [3.05, 3.63) is 68.7 Å². The van der Waals surface area contributed by atoms with Crippen LogP contribution >= 0.6 is 34.8 Å². The number of hydrogen-bond donors (Lipinski definition) is 1. The first-order valence-electron chi connectivity index (χ1n) is 11.9. The average molecular weight is 553 g/mol. The van der Waals surface area contributed by atoms with Gasteiger partial charge in [0.1, 0.15) is 6.04 Å². The van der Waals surface area contributed by atoms with Crippen LogP contribution in [0.2, 0.25) is 15.1 Å². The Morgan fingerprint density at radius 2 is 1.67 bits per heavy atom. The molecule has 10 heteroatoms. The van der Waals surface area contributed by atoms with Gasteiger partial charge >= 0.3 is 6.09 Å². The van der Waals surface area contributed by atoms with Crippen molar-refractivity contribution in [1.29, 1.82) is 0 Å². The normalized spacial score (nSPS) is 22.3. The summed E-state index contributed by atoms with van der Waals surface area (Å²) in [5.74, 6) is -0.571. The monoisotopic (exact) mass is 551 g/mol. The Labute approximate surface area is 225 Å². The van der Waals surface area contributed by atoms with Gasteiger partial charge in [-0.2, -0.15) is 0 Å². The molecule has 2 heterocycles. The van der Waals surface area contributed by atoms with E-state index in [0.29, 0.717) is 53.1 Å². The lowest BCUT2D eigenvalue weighted by Crippen LogP contribution is -2.57. The molecule has 0 aromatic heterocycles. The van der Waals surface area contributed by atoms with Gasteiger partial charge in [0.05, 0.1) is 10.0 Å². The Hall–Kier alpha value is -2.48. The molecular weight excluding hydrogens is 525 g/mol. The molecule has 2 aromatic carbocycles. The third kappa shape index (κ3) is 5.58. The van der Waals surface area contributed by atoms with Crippen molar-refractivity contribution in [2.45, 2.75) is 43.7 Å². The number of likely N-dealkylation sites (N-methyl/N-ethyl adjacent to an activating group) is 1. The van der Waals surface area contributed by atoms with Crippen LogP contribution in [-0.2, 0) is 4.79 Å². The molecule has 0 radical (unpaired) electrons. The molecule has 3 amide bonds. The molecule has 0 unspecified atom stereocenters. The molecule has 0 aliphatic carbocycles. The summed E-state index contributed by atoms with van der Waals surface area (Å²) in [6.07, 6.45) is 1.54. The van der Waals surface area contributed by atoms with Gasteiger partial charge in [-0.1, -0.05) is 40.9 Å². The second kappa shape index (κ2) is 11.3. The van der Waals surface area contributed by atoms with E-state index in [1.807, 2.05) is 6.07 Å². The van der Waals surface area contributed by atoms with E-state index in [9.17, 15) is 19.5 Å². The molecule has 0 saturated carbocycles. The van der Waals surface area contributed by atoms with E-state index in [1.54, 1.807) is 53.2 Å². The number of benzene rings is 2. The molecule has 2 aliphatic rings. The van der Waals surface area contributed by atoms with Crippen LogP contribution in [0.3, 0.4) is 0 Å². The topological polar surface area (TPSA) is 81.2 Å². The number of carbonyl (C=O) groups is 3. The highest BCUT2D eigenvalue weighted by atomic mass is 35.5. The fourth-order valence-electron chi connectivity index (χ4n) is 5.25. The van der Waals surface area contributed by atoms with E-state index in [1.165, 1.54) is 4.90 Å². The predicted molar refractivity (Wildman–Crippen MR) is 140 cm³/mol. The van der Waals surface area contributed by atoms with Crippen LogP contribution in [0.1, 0.15) is 47.5 Å². The van der Waals surface area contributed by atoms with Crippen molar-refractivity contribution >= 4 is 52.7 Å². The molecule has 2 aliphatic heterocycles. The van der Waals surface area contributed by atoms with E-state index < -0.39 is 12.1 Å². The van der Waals surface area contributed by atoms with Crippen LogP contribution in [0.4, 0.5) is 4.79 Å². The van der Waals surface area contributed by atoms with Gasteiger partial charge in [-0.25, -0.2) is 4.79 Å². The molecule has 4 rings (SSSR count). The molecular formula is C26H28Cl3N3O4. The predicted octanol–water partition coefficient (Wildman–Crippen LogP) is 5.64. The molecule has 1 N–H and O–H groups in total. The fraction of sp³-hybridized carbons (Fsp3) is 0.423. The highest BCUT2D eigenvalue weighted by Gasteiger charge is 2.41. The molecule has 2 saturated heterocycles. The second-order valence-corrected chi connectivity index (χ2v) is 10.6. The van der Waals surface area contributed by atoms with Crippen LogP contribution in [0.5, 0.6) is 0 Å². The van der Waals surface area contributed by atoms with Gasteiger partial charge in [0.2, 0.25) is 5.91 Å². The standard InChI is InChI=1S/C26H28Cl3N3O4/c1-30(24(33)16-5-8-18(27)9-6-16)22-11-13-31(15-19(22)17-7-10-20(28)21(29)14-17)25(34)23-4-2-3-12-32(23)26(35)36/h5-10,14,19,22-23H,2-4,11-13,15H2,1H3,(H,35,36)/t19-,22+,23-/m0/s1. The Balaban J connectivity index is 1.61. The summed E-state index contributed by atoms with van der Waals surface area (Å²) in [4.78, 5) is 43.3. The zero-order valence-electron chi connectivity index (χ0n) is 19.9. The lowest BCUT2D eigenvalue weighted by molar-refractivity contribution is -0.139. The number of amides is 3. The lowest BCUT2D eigenvalue weighted by Gasteiger charge is -2.45. The van der Waals surface area contributed by atoms with Gasteiger partial charge in [-0.15, -0.1) is 0 Å².